The van der Waals surface area contributed by atoms with Gasteiger partial charge in [0.1, 0.15) is 0 Å². The third kappa shape index (κ3) is 7.97. The number of nitrogens with zero attached hydrogens (tertiary/aromatic N) is 2. The fourth-order valence-electron chi connectivity index (χ4n) is 2.44. The van der Waals surface area contributed by atoms with Gasteiger partial charge in [0, 0.05) is 26.7 Å². The second-order valence-corrected chi connectivity index (χ2v) is 5.19. The van der Waals surface area contributed by atoms with Crippen molar-refractivity contribution in [2.75, 3.05) is 39.8 Å². The first-order valence-electron chi connectivity index (χ1n) is 7.47. The fraction of sp³-hybridized carbons (Fsp3) is 0.929. The molecule has 0 aromatic carbocycles. The second-order valence-electron chi connectivity index (χ2n) is 5.19. The van der Waals surface area contributed by atoms with Crippen molar-refractivity contribution < 1.29 is 0 Å². The molecule has 114 valence electrons. The lowest BCUT2D eigenvalue weighted by Gasteiger charge is -2.16. The molecule has 0 radical (unpaired) electrons. The summed E-state index contributed by atoms with van der Waals surface area (Å²) in [5, 5.41) is 6.80. The van der Waals surface area contributed by atoms with Gasteiger partial charge in [-0.1, -0.05) is 20.3 Å². The fourth-order valence-corrected chi connectivity index (χ4v) is 2.44. The molecule has 0 amide bonds. The van der Waals surface area contributed by atoms with Crippen molar-refractivity contribution in [1.82, 2.24) is 15.5 Å². The standard InChI is InChI=1S/C14H30N4.HI/c1-4-6-8-16-14(15-3)17-11-13-7-10-18(12-13)9-5-2;/h13H,4-12H2,1-3H3,(H2,15,16,17);1H. The van der Waals surface area contributed by atoms with Gasteiger partial charge in [-0.25, -0.2) is 0 Å². The summed E-state index contributed by atoms with van der Waals surface area (Å²) in [4.78, 5) is 6.83. The van der Waals surface area contributed by atoms with E-state index in [0.29, 0.717) is 0 Å². The van der Waals surface area contributed by atoms with Crippen LogP contribution in [0.2, 0.25) is 0 Å². The van der Waals surface area contributed by atoms with E-state index in [9.17, 15) is 0 Å². The van der Waals surface area contributed by atoms with E-state index in [-0.39, 0.29) is 24.0 Å². The minimum atomic E-state index is 0. The molecule has 1 unspecified atom stereocenters. The molecule has 0 bridgehead atoms. The molecule has 0 aliphatic carbocycles. The van der Waals surface area contributed by atoms with Crippen LogP contribution in [-0.2, 0) is 0 Å². The number of unbranched alkanes of at least 4 members (excludes halogenated alkanes) is 1. The van der Waals surface area contributed by atoms with Gasteiger partial charge in [-0.15, -0.1) is 24.0 Å². The molecule has 0 aromatic heterocycles. The molecular weight excluding hydrogens is 351 g/mol. The maximum atomic E-state index is 4.26. The number of guanidine groups is 1. The molecule has 1 heterocycles. The van der Waals surface area contributed by atoms with Crippen molar-refractivity contribution in [1.29, 1.82) is 0 Å². The Morgan fingerprint density at radius 3 is 2.68 bits per heavy atom. The van der Waals surface area contributed by atoms with Crippen molar-refractivity contribution in [2.24, 2.45) is 10.9 Å². The highest BCUT2D eigenvalue weighted by molar-refractivity contribution is 14.0. The van der Waals surface area contributed by atoms with Gasteiger partial charge in [0.05, 0.1) is 0 Å². The number of hydrogen-bond acceptors (Lipinski definition) is 2. The topological polar surface area (TPSA) is 39.7 Å². The Morgan fingerprint density at radius 1 is 1.26 bits per heavy atom. The highest BCUT2D eigenvalue weighted by atomic mass is 127. The maximum Gasteiger partial charge on any atom is 0.190 e. The second kappa shape index (κ2) is 11.8. The first-order chi connectivity index (χ1) is 8.80. The highest BCUT2D eigenvalue weighted by Gasteiger charge is 2.21. The SMILES string of the molecule is CCCCNC(=NC)NCC1CCN(CCC)C1.I. The monoisotopic (exact) mass is 382 g/mol. The van der Waals surface area contributed by atoms with Crippen LogP contribution in [0.1, 0.15) is 39.5 Å². The molecule has 1 rings (SSSR count). The first kappa shape index (κ1) is 19.0. The largest absolute Gasteiger partial charge is 0.356 e. The molecule has 19 heavy (non-hydrogen) atoms. The number of rotatable bonds is 7. The summed E-state index contributed by atoms with van der Waals surface area (Å²) in [6, 6.07) is 0. The van der Waals surface area contributed by atoms with E-state index in [1.54, 1.807) is 0 Å². The Labute approximate surface area is 135 Å². The number of aliphatic imine (C=N–C) groups is 1. The van der Waals surface area contributed by atoms with Gasteiger partial charge in [0.15, 0.2) is 5.96 Å². The molecule has 1 aliphatic rings. The van der Waals surface area contributed by atoms with E-state index < -0.39 is 0 Å². The van der Waals surface area contributed by atoms with Crippen molar-refractivity contribution in [3.63, 3.8) is 0 Å². The van der Waals surface area contributed by atoms with Crippen LogP contribution in [0.4, 0.5) is 0 Å². The van der Waals surface area contributed by atoms with Crippen molar-refractivity contribution in [3.05, 3.63) is 0 Å². The third-order valence-corrected chi connectivity index (χ3v) is 3.51. The summed E-state index contributed by atoms with van der Waals surface area (Å²) in [6.45, 7) is 10.3. The Kier molecular flexibility index (Phi) is 11.7. The van der Waals surface area contributed by atoms with Crippen molar-refractivity contribution in [3.8, 4) is 0 Å². The quantitative estimate of drug-likeness (QED) is 0.307. The third-order valence-electron chi connectivity index (χ3n) is 3.51. The van der Waals surface area contributed by atoms with E-state index in [1.807, 2.05) is 7.05 Å². The summed E-state index contributed by atoms with van der Waals surface area (Å²) >= 11 is 0. The van der Waals surface area contributed by atoms with E-state index >= 15 is 0 Å². The zero-order valence-electron chi connectivity index (χ0n) is 12.7. The zero-order valence-corrected chi connectivity index (χ0v) is 15.1. The molecule has 1 saturated heterocycles. The first-order valence-corrected chi connectivity index (χ1v) is 7.47. The van der Waals surface area contributed by atoms with Crippen LogP contribution in [0.25, 0.3) is 0 Å². The van der Waals surface area contributed by atoms with Crippen LogP contribution in [0.5, 0.6) is 0 Å². The van der Waals surface area contributed by atoms with Gasteiger partial charge in [0.25, 0.3) is 0 Å². The minimum Gasteiger partial charge on any atom is -0.356 e. The molecule has 5 heteroatoms. The molecule has 0 saturated carbocycles. The molecule has 0 spiro atoms. The minimum absolute atomic E-state index is 0. The Balaban J connectivity index is 0.00000324. The molecule has 4 nitrogen and oxygen atoms in total. The molecular formula is C14H31IN4. The summed E-state index contributed by atoms with van der Waals surface area (Å²) in [5.41, 5.74) is 0. The number of hydrogen-bond donors (Lipinski definition) is 2. The van der Waals surface area contributed by atoms with Gasteiger partial charge in [-0.2, -0.15) is 0 Å². The van der Waals surface area contributed by atoms with Gasteiger partial charge in [-0.05, 0) is 38.3 Å². The van der Waals surface area contributed by atoms with Crippen LogP contribution in [0.3, 0.4) is 0 Å². The summed E-state index contributed by atoms with van der Waals surface area (Å²) < 4.78 is 0. The maximum absolute atomic E-state index is 4.26. The van der Waals surface area contributed by atoms with Crippen LogP contribution < -0.4 is 10.6 Å². The lowest BCUT2D eigenvalue weighted by Crippen LogP contribution is -2.40. The van der Waals surface area contributed by atoms with E-state index in [0.717, 1.165) is 25.0 Å². The van der Waals surface area contributed by atoms with Crippen molar-refractivity contribution >= 4 is 29.9 Å². The summed E-state index contributed by atoms with van der Waals surface area (Å²) in [5.74, 6) is 1.73. The molecule has 1 atom stereocenters. The number of likely N-dealkylation sites (tertiary alicyclic amines) is 1. The summed E-state index contributed by atoms with van der Waals surface area (Å²) in [6.07, 6.45) is 5.01. The van der Waals surface area contributed by atoms with Crippen LogP contribution in [0.15, 0.2) is 4.99 Å². The lowest BCUT2D eigenvalue weighted by atomic mass is 10.1. The van der Waals surface area contributed by atoms with Crippen molar-refractivity contribution in [2.45, 2.75) is 39.5 Å². The van der Waals surface area contributed by atoms with Crippen LogP contribution in [-0.4, -0.2) is 50.6 Å². The van der Waals surface area contributed by atoms with Crippen LogP contribution in [0, 0.1) is 5.92 Å². The lowest BCUT2D eigenvalue weighted by molar-refractivity contribution is 0.324. The number of nitrogens with one attached hydrogen (secondary N) is 2. The Hall–Kier alpha value is -0.0400. The van der Waals surface area contributed by atoms with E-state index in [4.69, 9.17) is 0 Å². The highest BCUT2D eigenvalue weighted by Crippen LogP contribution is 2.15. The molecule has 1 fully saturated rings. The average molecular weight is 382 g/mol. The Bertz CT molecular complexity index is 246. The zero-order chi connectivity index (χ0) is 13.2. The average Bonchev–Trinajstić information content (AvgIpc) is 2.82. The van der Waals surface area contributed by atoms with E-state index in [1.165, 1.54) is 45.3 Å². The van der Waals surface area contributed by atoms with Gasteiger partial charge in [0.2, 0.25) is 0 Å². The van der Waals surface area contributed by atoms with Gasteiger partial charge >= 0.3 is 0 Å². The predicted molar refractivity (Wildman–Crippen MR) is 94.5 cm³/mol. The number of halogens is 1. The summed E-state index contributed by atoms with van der Waals surface area (Å²) in [7, 11) is 1.85. The van der Waals surface area contributed by atoms with Crippen LogP contribution >= 0.6 is 24.0 Å². The van der Waals surface area contributed by atoms with Gasteiger partial charge in [-0.3, -0.25) is 4.99 Å². The van der Waals surface area contributed by atoms with E-state index in [2.05, 4.69) is 34.4 Å². The molecule has 0 aromatic rings. The van der Waals surface area contributed by atoms with Gasteiger partial charge < -0.3 is 15.5 Å². The predicted octanol–water partition coefficient (Wildman–Crippen LogP) is 2.30. The normalized spacial score (nSPS) is 20.2. The Morgan fingerprint density at radius 2 is 2.05 bits per heavy atom. The molecule has 2 N–H and O–H groups in total. The molecule has 1 aliphatic heterocycles. The smallest absolute Gasteiger partial charge is 0.190 e.